The van der Waals surface area contributed by atoms with Crippen LogP contribution >= 0.6 is 15.9 Å². The summed E-state index contributed by atoms with van der Waals surface area (Å²) in [6.45, 7) is 0. The maximum atomic E-state index is 10.5. The molecule has 0 spiro atoms. The Hall–Kier alpha value is -1.43. The third kappa shape index (κ3) is 1.29. The van der Waals surface area contributed by atoms with E-state index >= 15 is 0 Å². The van der Waals surface area contributed by atoms with Crippen LogP contribution < -0.4 is 0 Å². The highest BCUT2D eigenvalue weighted by Gasteiger charge is 2.13. The van der Waals surface area contributed by atoms with Gasteiger partial charge in [-0.15, -0.1) is 0 Å². The maximum Gasteiger partial charge on any atom is 0.285 e. The van der Waals surface area contributed by atoms with Crippen LogP contribution in [0.2, 0.25) is 0 Å². The molecule has 2 rings (SSSR count). The number of H-pyrrole nitrogens is 1. The van der Waals surface area contributed by atoms with Crippen molar-refractivity contribution >= 4 is 32.7 Å². The van der Waals surface area contributed by atoms with Crippen molar-refractivity contribution in [2.75, 3.05) is 0 Å². The van der Waals surface area contributed by atoms with Crippen LogP contribution in [0.5, 0.6) is 0 Å². The Kier molecular flexibility index (Phi) is 1.77. The number of nitrogens with one attached hydrogen (secondary N) is 1. The first kappa shape index (κ1) is 8.18. The number of aromatic amines is 1. The van der Waals surface area contributed by atoms with Gasteiger partial charge in [0.2, 0.25) is 0 Å². The van der Waals surface area contributed by atoms with Crippen LogP contribution in [-0.4, -0.2) is 14.9 Å². The van der Waals surface area contributed by atoms with Crippen molar-refractivity contribution in [3.05, 3.63) is 33.0 Å². The Labute approximate surface area is 81.1 Å². The molecule has 0 aliphatic carbocycles. The number of aromatic nitrogens is 2. The lowest BCUT2D eigenvalue weighted by Crippen LogP contribution is -1.88. The van der Waals surface area contributed by atoms with E-state index in [2.05, 4.69) is 25.9 Å². The summed E-state index contributed by atoms with van der Waals surface area (Å²) in [5.74, 6) is 0. The molecule has 0 amide bonds. The quantitative estimate of drug-likeness (QED) is 0.615. The topological polar surface area (TPSA) is 71.8 Å². The number of imidazole rings is 1. The number of hydrogen-bond acceptors (Lipinski definition) is 3. The van der Waals surface area contributed by atoms with E-state index in [1.807, 2.05) is 0 Å². The van der Waals surface area contributed by atoms with Crippen molar-refractivity contribution in [2.45, 2.75) is 0 Å². The van der Waals surface area contributed by atoms with E-state index in [4.69, 9.17) is 0 Å². The smallest absolute Gasteiger partial charge is 0.285 e. The molecule has 0 aliphatic rings. The molecule has 2 aromatic rings. The van der Waals surface area contributed by atoms with Crippen LogP contribution in [0.4, 0.5) is 5.69 Å². The largest absolute Gasteiger partial charge is 0.344 e. The van der Waals surface area contributed by atoms with Gasteiger partial charge in [0.05, 0.1) is 26.8 Å². The first-order chi connectivity index (χ1) is 6.18. The fourth-order valence-electron chi connectivity index (χ4n) is 1.09. The minimum atomic E-state index is -0.440. The molecular formula is C7H4BrN3O2. The van der Waals surface area contributed by atoms with Gasteiger partial charge < -0.3 is 4.98 Å². The second-order valence-electron chi connectivity index (χ2n) is 2.48. The summed E-state index contributed by atoms with van der Waals surface area (Å²) in [5.41, 5.74) is 1.41. The molecular weight excluding hydrogens is 238 g/mol. The number of rotatable bonds is 1. The van der Waals surface area contributed by atoms with Crippen molar-refractivity contribution in [3.8, 4) is 0 Å². The van der Waals surface area contributed by atoms with E-state index in [0.717, 1.165) is 0 Å². The molecule has 1 heterocycles. The number of nitrogens with zero attached hydrogens (tertiary/aromatic N) is 2. The predicted octanol–water partition coefficient (Wildman–Crippen LogP) is 2.23. The summed E-state index contributed by atoms with van der Waals surface area (Å²) in [6.07, 6.45) is 1.50. The van der Waals surface area contributed by atoms with Crippen molar-refractivity contribution in [3.63, 3.8) is 0 Å². The van der Waals surface area contributed by atoms with Crippen LogP contribution in [0.15, 0.2) is 22.9 Å². The van der Waals surface area contributed by atoms with Gasteiger partial charge in [0, 0.05) is 6.07 Å². The minimum Gasteiger partial charge on any atom is -0.344 e. The third-order valence-corrected chi connectivity index (χ3v) is 2.32. The Morgan fingerprint density at radius 2 is 2.31 bits per heavy atom. The van der Waals surface area contributed by atoms with Gasteiger partial charge in [-0.3, -0.25) is 10.1 Å². The van der Waals surface area contributed by atoms with E-state index in [9.17, 15) is 10.1 Å². The van der Waals surface area contributed by atoms with Gasteiger partial charge in [0.25, 0.3) is 5.69 Å². The summed E-state index contributed by atoms with van der Waals surface area (Å²) >= 11 is 3.11. The Morgan fingerprint density at radius 1 is 1.54 bits per heavy atom. The van der Waals surface area contributed by atoms with E-state index in [0.29, 0.717) is 15.5 Å². The highest BCUT2D eigenvalue weighted by atomic mass is 79.9. The number of halogens is 1. The second kappa shape index (κ2) is 2.81. The van der Waals surface area contributed by atoms with Gasteiger partial charge in [-0.1, -0.05) is 0 Å². The van der Waals surface area contributed by atoms with Crippen LogP contribution in [0.25, 0.3) is 11.0 Å². The normalized spacial score (nSPS) is 10.5. The number of benzene rings is 1. The molecule has 13 heavy (non-hydrogen) atoms. The molecule has 0 aliphatic heterocycles. The SMILES string of the molecule is O=[N+]([O-])c1cc2[nH]cnc2cc1Br. The van der Waals surface area contributed by atoms with Gasteiger partial charge in [-0.05, 0) is 22.0 Å². The lowest BCUT2D eigenvalue weighted by atomic mass is 10.3. The zero-order valence-corrected chi connectivity index (χ0v) is 7.91. The van der Waals surface area contributed by atoms with Crippen molar-refractivity contribution in [2.24, 2.45) is 0 Å². The molecule has 5 nitrogen and oxygen atoms in total. The molecule has 0 atom stereocenters. The Morgan fingerprint density at radius 3 is 3.00 bits per heavy atom. The number of fused-ring (bicyclic) bond motifs is 1. The van der Waals surface area contributed by atoms with Gasteiger partial charge >= 0.3 is 0 Å². The van der Waals surface area contributed by atoms with Crippen molar-refractivity contribution in [1.29, 1.82) is 0 Å². The summed E-state index contributed by atoms with van der Waals surface area (Å²) in [4.78, 5) is 16.9. The molecule has 0 bridgehead atoms. The van der Waals surface area contributed by atoms with Gasteiger partial charge in [-0.2, -0.15) is 0 Å². The van der Waals surface area contributed by atoms with E-state index < -0.39 is 4.92 Å². The first-order valence-corrected chi connectivity index (χ1v) is 4.25. The fourth-order valence-corrected chi connectivity index (χ4v) is 1.56. The summed E-state index contributed by atoms with van der Waals surface area (Å²) in [6, 6.07) is 3.07. The maximum absolute atomic E-state index is 10.5. The average molecular weight is 242 g/mol. The van der Waals surface area contributed by atoms with Gasteiger partial charge in [0.15, 0.2) is 0 Å². The second-order valence-corrected chi connectivity index (χ2v) is 3.33. The van der Waals surface area contributed by atoms with E-state index in [-0.39, 0.29) is 5.69 Å². The molecule has 0 saturated carbocycles. The van der Waals surface area contributed by atoms with Crippen LogP contribution in [0, 0.1) is 10.1 Å². The highest BCUT2D eigenvalue weighted by Crippen LogP contribution is 2.28. The molecule has 1 aromatic carbocycles. The molecule has 0 fully saturated rings. The van der Waals surface area contributed by atoms with Crippen LogP contribution in [0.1, 0.15) is 0 Å². The van der Waals surface area contributed by atoms with Crippen molar-refractivity contribution < 1.29 is 4.92 Å². The van der Waals surface area contributed by atoms with Crippen LogP contribution in [-0.2, 0) is 0 Å². The molecule has 66 valence electrons. The van der Waals surface area contributed by atoms with Gasteiger partial charge in [-0.25, -0.2) is 4.98 Å². The number of nitro benzene ring substituents is 1. The van der Waals surface area contributed by atoms with Crippen LogP contribution in [0.3, 0.4) is 0 Å². The lowest BCUT2D eigenvalue weighted by molar-refractivity contribution is -0.385. The zero-order chi connectivity index (χ0) is 9.42. The first-order valence-electron chi connectivity index (χ1n) is 3.45. The van der Waals surface area contributed by atoms with Gasteiger partial charge in [0.1, 0.15) is 0 Å². The number of hydrogen-bond donors (Lipinski definition) is 1. The molecule has 6 heteroatoms. The predicted molar refractivity (Wildman–Crippen MR) is 50.4 cm³/mol. The third-order valence-electron chi connectivity index (χ3n) is 1.69. The van der Waals surface area contributed by atoms with E-state index in [1.54, 1.807) is 6.07 Å². The molecule has 1 N–H and O–H groups in total. The number of nitro groups is 1. The molecule has 0 unspecified atom stereocenters. The van der Waals surface area contributed by atoms with Crippen molar-refractivity contribution in [1.82, 2.24) is 9.97 Å². The summed E-state index contributed by atoms with van der Waals surface area (Å²) < 4.78 is 0.442. The average Bonchev–Trinajstić information content (AvgIpc) is 2.48. The standard InChI is InChI=1S/C7H4BrN3O2/c8-4-1-5-6(10-3-9-5)2-7(4)11(12)13/h1-3H,(H,9,10). The zero-order valence-electron chi connectivity index (χ0n) is 6.32. The summed E-state index contributed by atoms with van der Waals surface area (Å²) in [7, 11) is 0. The lowest BCUT2D eigenvalue weighted by Gasteiger charge is -1.94. The minimum absolute atomic E-state index is 0.0387. The Bertz CT molecular complexity index is 480. The molecule has 0 radical (unpaired) electrons. The Balaban J connectivity index is 2.76. The molecule has 0 saturated heterocycles. The molecule has 1 aromatic heterocycles. The fraction of sp³-hybridized carbons (Fsp3) is 0. The summed E-state index contributed by atoms with van der Waals surface area (Å²) in [5, 5.41) is 10.5. The highest BCUT2D eigenvalue weighted by molar-refractivity contribution is 9.10. The monoisotopic (exact) mass is 241 g/mol. The van der Waals surface area contributed by atoms with E-state index in [1.165, 1.54) is 12.4 Å².